The maximum absolute atomic E-state index is 12.7. The zero-order chi connectivity index (χ0) is 22.0. The van der Waals surface area contributed by atoms with Gasteiger partial charge in [-0.1, -0.05) is 22.9 Å². The molecule has 0 aliphatic heterocycles. The van der Waals surface area contributed by atoms with Gasteiger partial charge in [-0.25, -0.2) is 4.68 Å². The van der Waals surface area contributed by atoms with Crippen LogP contribution in [0.15, 0.2) is 42.5 Å². The Labute approximate surface area is 182 Å². The topological polar surface area (TPSA) is 120 Å². The summed E-state index contributed by atoms with van der Waals surface area (Å²) in [4.78, 5) is 17.0. The second-order valence-corrected chi connectivity index (χ2v) is 6.88. The number of halogens is 1. The van der Waals surface area contributed by atoms with E-state index in [1.165, 1.54) is 4.68 Å². The first kappa shape index (κ1) is 20.4. The third-order valence-corrected chi connectivity index (χ3v) is 4.77. The molecule has 0 saturated carbocycles. The van der Waals surface area contributed by atoms with E-state index in [0.29, 0.717) is 39.3 Å². The molecule has 0 saturated heterocycles. The van der Waals surface area contributed by atoms with Gasteiger partial charge in [-0.3, -0.25) is 15.2 Å². The first-order valence-corrected chi connectivity index (χ1v) is 9.52. The van der Waals surface area contributed by atoms with Crippen molar-refractivity contribution in [1.29, 1.82) is 0 Å². The van der Waals surface area contributed by atoms with Crippen LogP contribution in [0.25, 0.3) is 17.1 Å². The molecule has 2 heterocycles. The van der Waals surface area contributed by atoms with E-state index >= 15 is 0 Å². The van der Waals surface area contributed by atoms with Crippen molar-refractivity contribution >= 4 is 23.5 Å². The van der Waals surface area contributed by atoms with Crippen molar-refractivity contribution in [2.45, 2.75) is 6.92 Å². The number of nitrogens with zero attached hydrogens (tertiary/aromatic N) is 5. The lowest BCUT2D eigenvalue weighted by Gasteiger charge is -2.07. The number of hydrogen-bond donors (Lipinski definition) is 2. The number of carbonyl (C=O) groups is 1. The SMILES string of the molecule is COc1ccc(-c2nc(NC(=O)c3nnn(-c4cccc(Cl)c4)c3C)n[nH]2)c(OC)c1. The molecule has 0 fully saturated rings. The molecular formula is C20H18ClN7O3. The monoisotopic (exact) mass is 439 g/mol. The van der Waals surface area contributed by atoms with Crippen molar-refractivity contribution in [3.05, 3.63) is 58.9 Å². The molecule has 2 aromatic heterocycles. The standard InChI is InChI=1S/C20H18ClN7O3/c1-11-17(24-27-28(11)13-6-4-5-12(21)9-13)19(29)23-20-22-18(25-26-20)15-8-7-14(30-2)10-16(15)31-3/h4-10H,1-3H3,(H2,22,23,25,26,29). The number of methoxy groups -OCH3 is 2. The lowest BCUT2D eigenvalue weighted by Crippen LogP contribution is -2.15. The minimum absolute atomic E-state index is 0.0922. The van der Waals surface area contributed by atoms with Gasteiger partial charge in [0.2, 0.25) is 5.95 Å². The number of rotatable bonds is 6. The van der Waals surface area contributed by atoms with Crippen LogP contribution >= 0.6 is 11.6 Å². The molecular weight excluding hydrogens is 422 g/mol. The predicted molar refractivity (Wildman–Crippen MR) is 114 cm³/mol. The second-order valence-electron chi connectivity index (χ2n) is 6.44. The summed E-state index contributed by atoms with van der Waals surface area (Å²) in [7, 11) is 3.12. The zero-order valence-electron chi connectivity index (χ0n) is 16.9. The molecule has 2 aromatic carbocycles. The maximum atomic E-state index is 12.7. The van der Waals surface area contributed by atoms with Crippen molar-refractivity contribution in [3.8, 4) is 28.6 Å². The highest BCUT2D eigenvalue weighted by atomic mass is 35.5. The average molecular weight is 440 g/mol. The van der Waals surface area contributed by atoms with Crippen molar-refractivity contribution in [3.63, 3.8) is 0 Å². The van der Waals surface area contributed by atoms with Gasteiger partial charge >= 0.3 is 0 Å². The van der Waals surface area contributed by atoms with Crippen LogP contribution < -0.4 is 14.8 Å². The number of amides is 1. The first-order valence-electron chi connectivity index (χ1n) is 9.14. The molecule has 4 aromatic rings. The number of H-pyrrole nitrogens is 1. The fourth-order valence-corrected chi connectivity index (χ4v) is 3.17. The van der Waals surface area contributed by atoms with Gasteiger partial charge < -0.3 is 9.47 Å². The van der Waals surface area contributed by atoms with Crippen molar-refractivity contribution in [2.75, 3.05) is 19.5 Å². The molecule has 1 amide bonds. The number of benzene rings is 2. The Morgan fingerprint density at radius 2 is 2.00 bits per heavy atom. The van der Waals surface area contributed by atoms with Gasteiger partial charge in [-0.2, -0.15) is 4.98 Å². The van der Waals surface area contributed by atoms with E-state index in [1.54, 1.807) is 57.5 Å². The van der Waals surface area contributed by atoms with Crippen LogP contribution in [0.5, 0.6) is 11.5 Å². The first-order chi connectivity index (χ1) is 15.0. The molecule has 0 spiro atoms. The summed E-state index contributed by atoms with van der Waals surface area (Å²) in [6.07, 6.45) is 0. The Morgan fingerprint density at radius 3 is 2.74 bits per heavy atom. The van der Waals surface area contributed by atoms with Gasteiger partial charge in [0.1, 0.15) is 11.5 Å². The van der Waals surface area contributed by atoms with E-state index in [-0.39, 0.29) is 11.6 Å². The fourth-order valence-electron chi connectivity index (χ4n) is 2.99. The predicted octanol–water partition coefficient (Wildman–Crippen LogP) is 3.28. The number of ether oxygens (including phenoxy) is 2. The molecule has 0 bridgehead atoms. The molecule has 2 N–H and O–H groups in total. The van der Waals surface area contributed by atoms with Crippen LogP contribution in [0.1, 0.15) is 16.2 Å². The Balaban J connectivity index is 1.55. The number of hydrogen-bond acceptors (Lipinski definition) is 7. The van der Waals surface area contributed by atoms with Crippen molar-refractivity contribution in [1.82, 2.24) is 30.2 Å². The van der Waals surface area contributed by atoms with E-state index in [1.807, 2.05) is 6.07 Å². The Bertz CT molecular complexity index is 1250. The normalized spacial score (nSPS) is 10.7. The highest BCUT2D eigenvalue weighted by Gasteiger charge is 2.20. The quantitative estimate of drug-likeness (QED) is 0.473. The molecule has 0 aliphatic carbocycles. The van der Waals surface area contributed by atoms with Crippen LogP contribution in [0.4, 0.5) is 5.95 Å². The molecule has 158 valence electrons. The van der Waals surface area contributed by atoms with Crippen molar-refractivity contribution in [2.24, 2.45) is 0 Å². The summed E-state index contributed by atoms with van der Waals surface area (Å²) in [6.45, 7) is 1.74. The highest BCUT2D eigenvalue weighted by Crippen LogP contribution is 2.31. The summed E-state index contributed by atoms with van der Waals surface area (Å²) in [5, 5.41) is 18.1. The molecule has 0 aliphatic rings. The summed E-state index contributed by atoms with van der Waals surface area (Å²) in [5.74, 6) is 1.22. The smallest absolute Gasteiger partial charge is 0.280 e. The van der Waals surface area contributed by atoms with Crippen LogP contribution in [0, 0.1) is 6.92 Å². The van der Waals surface area contributed by atoms with Crippen molar-refractivity contribution < 1.29 is 14.3 Å². The van der Waals surface area contributed by atoms with E-state index in [0.717, 1.165) is 0 Å². The number of aromatic nitrogens is 6. The Kier molecular flexibility index (Phi) is 5.54. The highest BCUT2D eigenvalue weighted by molar-refractivity contribution is 6.30. The molecule has 11 heteroatoms. The third kappa shape index (κ3) is 4.05. The van der Waals surface area contributed by atoms with E-state index < -0.39 is 5.91 Å². The Morgan fingerprint density at radius 1 is 1.16 bits per heavy atom. The van der Waals surface area contributed by atoms with Gasteiger partial charge in [0.25, 0.3) is 5.91 Å². The Hall–Kier alpha value is -3.92. The van der Waals surface area contributed by atoms with E-state index in [2.05, 4.69) is 30.8 Å². The number of nitrogens with one attached hydrogen (secondary N) is 2. The molecule has 0 atom stereocenters. The molecule has 0 unspecified atom stereocenters. The summed E-state index contributed by atoms with van der Waals surface area (Å²) >= 11 is 6.04. The molecule has 0 radical (unpaired) electrons. The van der Waals surface area contributed by atoms with Crippen LogP contribution in [-0.2, 0) is 0 Å². The zero-order valence-corrected chi connectivity index (χ0v) is 17.6. The van der Waals surface area contributed by atoms with Gasteiger partial charge in [0.15, 0.2) is 11.5 Å². The minimum atomic E-state index is -0.488. The fraction of sp³-hybridized carbons (Fsp3) is 0.150. The summed E-state index contributed by atoms with van der Waals surface area (Å²) in [6, 6.07) is 12.4. The minimum Gasteiger partial charge on any atom is -0.497 e. The lowest BCUT2D eigenvalue weighted by atomic mass is 10.2. The second kappa shape index (κ2) is 8.44. The number of aromatic amines is 1. The van der Waals surface area contributed by atoms with Gasteiger partial charge in [0.05, 0.1) is 31.2 Å². The third-order valence-electron chi connectivity index (χ3n) is 4.54. The lowest BCUT2D eigenvalue weighted by molar-refractivity contribution is 0.102. The van der Waals surface area contributed by atoms with Gasteiger partial charge in [-0.15, -0.1) is 10.2 Å². The largest absolute Gasteiger partial charge is 0.497 e. The van der Waals surface area contributed by atoms with E-state index in [4.69, 9.17) is 21.1 Å². The number of carbonyl (C=O) groups excluding carboxylic acids is 1. The van der Waals surface area contributed by atoms with Crippen LogP contribution in [0.3, 0.4) is 0 Å². The molecule has 31 heavy (non-hydrogen) atoms. The summed E-state index contributed by atoms with van der Waals surface area (Å²) in [5.41, 5.74) is 2.06. The molecule has 4 rings (SSSR count). The summed E-state index contributed by atoms with van der Waals surface area (Å²) < 4.78 is 12.1. The van der Waals surface area contributed by atoms with Gasteiger partial charge in [0, 0.05) is 11.1 Å². The number of anilines is 1. The maximum Gasteiger partial charge on any atom is 0.280 e. The van der Waals surface area contributed by atoms with E-state index in [9.17, 15) is 4.79 Å². The molecule has 10 nitrogen and oxygen atoms in total. The van der Waals surface area contributed by atoms with Gasteiger partial charge in [-0.05, 0) is 37.3 Å². The van der Waals surface area contributed by atoms with Crippen LogP contribution in [-0.4, -0.2) is 50.3 Å². The average Bonchev–Trinajstić information content (AvgIpc) is 3.39. The van der Waals surface area contributed by atoms with Crippen LogP contribution in [0.2, 0.25) is 5.02 Å².